The highest BCUT2D eigenvalue weighted by Gasteiger charge is 2.11. The zero-order valence-corrected chi connectivity index (χ0v) is 8.82. The summed E-state index contributed by atoms with van der Waals surface area (Å²) in [5.74, 6) is 0.808. The smallest absolute Gasteiger partial charge is 0.141 e. The SMILES string of the molecule is Cc1noc(C)c1-c1cccc(CO)c1. The van der Waals surface area contributed by atoms with Gasteiger partial charge in [0.1, 0.15) is 5.76 Å². The highest BCUT2D eigenvalue weighted by atomic mass is 16.5. The average molecular weight is 203 g/mol. The summed E-state index contributed by atoms with van der Waals surface area (Å²) in [4.78, 5) is 0. The zero-order chi connectivity index (χ0) is 10.8. The summed E-state index contributed by atoms with van der Waals surface area (Å²) in [6, 6.07) is 7.76. The molecule has 0 saturated heterocycles. The molecular weight excluding hydrogens is 190 g/mol. The summed E-state index contributed by atoms with van der Waals surface area (Å²) >= 11 is 0. The summed E-state index contributed by atoms with van der Waals surface area (Å²) in [7, 11) is 0. The molecule has 3 nitrogen and oxygen atoms in total. The van der Waals surface area contributed by atoms with Gasteiger partial charge in [0.15, 0.2) is 0 Å². The Labute approximate surface area is 88.3 Å². The van der Waals surface area contributed by atoms with Crippen molar-refractivity contribution < 1.29 is 9.63 Å². The zero-order valence-electron chi connectivity index (χ0n) is 8.82. The Morgan fingerprint density at radius 2 is 2.13 bits per heavy atom. The third-order valence-corrected chi connectivity index (χ3v) is 2.43. The number of nitrogens with zero attached hydrogens (tertiary/aromatic N) is 1. The Morgan fingerprint density at radius 3 is 2.73 bits per heavy atom. The molecule has 3 heteroatoms. The van der Waals surface area contributed by atoms with Gasteiger partial charge in [-0.2, -0.15) is 0 Å². The van der Waals surface area contributed by atoms with Gasteiger partial charge in [0, 0.05) is 5.56 Å². The van der Waals surface area contributed by atoms with Gasteiger partial charge in [-0.1, -0.05) is 23.4 Å². The van der Waals surface area contributed by atoms with Crippen molar-refractivity contribution in [1.29, 1.82) is 0 Å². The van der Waals surface area contributed by atoms with Gasteiger partial charge in [-0.15, -0.1) is 0 Å². The molecule has 2 rings (SSSR count). The third kappa shape index (κ3) is 1.78. The van der Waals surface area contributed by atoms with Crippen molar-refractivity contribution in [3.05, 3.63) is 41.3 Å². The highest BCUT2D eigenvalue weighted by Crippen LogP contribution is 2.27. The number of aliphatic hydroxyl groups excluding tert-OH is 1. The van der Waals surface area contributed by atoms with Crippen molar-refractivity contribution in [2.24, 2.45) is 0 Å². The van der Waals surface area contributed by atoms with Crippen LogP contribution in [0.5, 0.6) is 0 Å². The Morgan fingerprint density at radius 1 is 1.33 bits per heavy atom. The van der Waals surface area contributed by atoms with Gasteiger partial charge >= 0.3 is 0 Å². The summed E-state index contributed by atoms with van der Waals surface area (Å²) < 4.78 is 5.11. The summed E-state index contributed by atoms with van der Waals surface area (Å²) in [6.45, 7) is 3.86. The van der Waals surface area contributed by atoms with Crippen LogP contribution in [-0.2, 0) is 6.61 Å². The van der Waals surface area contributed by atoms with Crippen LogP contribution in [0.15, 0.2) is 28.8 Å². The van der Waals surface area contributed by atoms with E-state index in [0.29, 0.717) is 0 Å². The van der Waals surface area contributed by atoms with E-state index in [1.165, 1.54) is 0 Å². The molecule has 0 atom stereocenters. The number of aryl methyl sites for hydroxylation is 2. The van der Waals surface area contributed by atoms with Crippen LogP contribution >= 0.6 is 0 Å². The Kier molecular flexibility index (Phi) is 2.56. The molecular formula is C12H13NO2. The third-order valence-electron chi connectivity index (χ3n) is 2.43. The van der Waals surface area contributed by atoms with Crippen molar-refractivity contribution in [3.63, 3.8) is 0 Å². The van der Waals surface area contributed by atoms with E-state index in [2.05, 4.69) is 5.16 Å². The maximum atomic E-state index is 9.06. The molecule has 0 unspecified atom stereocenters. The molecule has 0 saturated carbocycles. The van der Waals surface area contributed by atoms with E-state index in [9.17, 15) is 0 Å². The van der Waals surface area contributed by atoms with Gasteiger partial charge in [0.05, 0.1) is 12.3 Å². The molecule has 2 aromatic rings. The van der Waals surface area contributed by atoms with Gasteiger partial charge in [0.25, 0.3) is 0 Å². The first-order valence-electron chi connectivity index (χ1n) is 4.85. The minimum absolute atomic E-state index is 0.0528. The lowest BCUT2D eigenvalue weighted by molar-refractivity contribution is 0.282. The van der Waals surface area contributed by atoms with Crippen LogP contribution in [0, 0.1) is 13.8 Å². The quantitative estimate of drug-likeness (QED) is 0.815. The molecule has 0 aliphatic heterocycles. The molecule has 1 aromatic carbocycles. The maximum Gasteiger partial charge on any atom is 0.141 e. The molecule has 0 bridgehead atoms. The molecule has 0 aliphatic rings. The van der Waals surface area contributed by atoms with Gasteiger partial charge in [-0.3, -0.25) is 0 Å². The Balaban J connectivity index is 2.53. The van der Waals surface area contributed by atoms with Crippen LogP contribution in [0.25, 0.3) is 11.1 Å². The fourth-order valence-corrected chi connectivity index (χ4v) is 1.72. The maximum absolute atomic E-state index is 9.06. The highest BCUT2D eigenvalue weighted by molar-refractivity contribution is 5.68. The van der Waals surface area contributed by atoms with Crippen molar-refractivity contribution in [2.75, 3.05) is 0 Å². The first-order chi connectivity index (χ1) is 7.22. The van der Waals surface area contributed by atoms with Crippen LogP contribution in [0.4, 0.5) is 0 Å². The Hall–Kier alpha value is -1.61. The van der Waals surface area contributed by atoms with Gasteiger partial charge in [-0.25, -0.2) is 0 Å². The number of benzene rings is 1. The largest absolute Gasteiger partial charge is 0.392 e. The number of hydrogen-bond acceptors (Lipinski definition) is 3. The van der Waals surface area contributed by atoms with E-state index in [0.717, 1.165) is 28.1 Å². The number of aliphatic hydroxyl groups is 1. The predicted octanol–water partition coefficient (Wildman–Crippen LogP) is 2.45. The monoisotopic (exact) mass is 203 g/mol. The van der Waals surface area contributed by atoms with Crippen LogP contribution in [0.2, 0.25) is 0 Å². The number of aromatic nitrogens is 1. The van der Waals surface area contributed by atoms with Gasteiger partial charge in [0.2, 0.25) is 0 Å². The molecule has 0 radical (unpaired) electrons. The van der Waals surface area contributed by atoms with Crippen LogP contribution < -0.4 is 0 Å². The second kappa shape index (κ2) is 3.87. The minimum atomic E-state index is 0.0528. The fraction of sp³-hybridized carbons (Fsp3) is 0.250. The normalized spacial score (nSPS) is 10.6. The lowest BCUT2D eigenvalue weighted by atomic mass is 10.0. The average Bonchev–Trinajstić information content (AvgIpc) is 2.59. The first-order valence-corrected chi connectivity index (χ1v) is 4.85. The van der Waals surface area contributed by atoms with Crippen LogP contribution in [0.3, 0.4) is 0 Å². The fourth-order valence-electron chi connectivity index (χ4n) is 1.72. The standard InChI is InChI=1S/C12H13NO2/c1-8-12(9(2)15-13-8)11-5-3-4-10(6-11)7-14/h3-6,14H,7H2,1-2H3. The predicted molar refractivity (Wildman–Crippen MR) is 57.3 cm³/mol. The molecule has 0 fully saturated rings. The molecule has 1 N–H and O–H groups in total. The lowest BCUT2D eigenvalue weighted by Crippen LogP contribution is -1.86. The number of rotatable bonds is 2. The van der Waals surface area contributed by atoms with Crippen LogP contribution in [-0.4, -0.2) is 10.3 Å². The molecule has 0 spiro atoms. The summed E-state index contributed by atoms with van der Waals surface area (Å²) in [5, 5.41) is 13.0. The lowest BCUT2D eigenvalue weighted by Gasteiger charge is -2.02. The van der Waals surface area contributed by atoms with E-state index < -0.39 is 0 Å². The van der Waals surface area contributed by atoms with Crippen molar-refractivity contribution in [2.45, 2.75) is 20.5 Å². The molecule has 1 aromatic heterocycles. The topological polar surface area (TPSA) is 46.3 Å². The summed E-state index contributed by atoms with van der Waals surface area (Å²) in [6.07, 6.45) is 0. The second-order valence-electron chi connectivity index (χ2n) is 3.56. The minimum Gasteiger partial charge on any atom is -0.392 e. The van der Waals surface area contributed by atoms with Crippen molar-refractivity contribution in [3.8, 4) is 11.1 Å². The second-order valence-corrected chi connectivity index (χ2v) is 3.56. The van der Waals surface area contributed by atoms with Crippen molar-refractivity contribution in [1.82, 2.24) is 5.16 Å². The molecule has 0 aliphatic carbocycles. The van der Waals surface area contributed by atoms with E-state index in [-0.39, 0.29) is 6.61 Å². The molecule has 15 heavy (non-hydrogen) atoms. The first kappa shape index (κ1) is 9.93. The van der Waals surface area contributed by atoms with Crippen molar-refractivity contribution >= 4 is 0 Å². The van der Waals surface area contributed by atoms with E-state index >= 15 is 0 Å². The Bertz CT molecular complexity index is 455. The van der Waals surface area contributed by atoms with Gasteiger partial charge < -0.3 is 9.63 Å². The van der Waals surface area contributed by atoms with E-state index in [4.69, 9.17) is 9.63 Å². The summed E-state index contributed by atoms with van der Waals surface area (Å²) in [5.41, 5.74) is 3.83. The molecule has 0 amide bonds. The van der Waals surface area contributed by atoms with Gasteiger partial charge in [-0.05, 0) is 31.0 Å². The van der Waals surface area contributed by atoms with E-state index in [1.807, 2.05) is 38.1 Å². The van der Waals surface area contributed by atoms with Crippen LogP contribution in [0.1, 0.15) is 17.0 Å². The van der Waals surface area contributed by atoms with E-state index in [1.54, 1.807) is 0 Å². The molecule has 78 valence electrons. The molecule has 1 heterocycles. The number of hydrogen-bond donors (Lipinski definition) is 1.